The van der Waals surface area contributed by atoms with Gasteiger partial charge in [-0.05, 0) is 38.1 Å². The Morgan fingerprint density at radius 3 is 2.50 bits per heavy atom. The number of benzene rings is 2. The first kappa shape index (κ1) is 18.5. The number of anilines is 1. The zero-order valence-corrected chi connectivity index (χ0v) is 16.4. The summed E-state index contributed by atoms with van der Waals surface area (Å²) in [5.41, 5.74) is 1.55. The van der Waals surface area contributed by atoms with Gasteiger partial charge in [0.2, 0.25) is 0 Å². The Labute approximate surface area is 162 Å². The molecule has 1 heterocycles. The number of amides is 1. The predicted molar refractivity (Wildman–Crippen MR) is 111 cm³/mol. The number of ether oxygens (including phenoxy) is 2. The van der Waals surface area contributed by atoms with Gasteiger partial charge in [-0.3, -0.25) is 9.69 Å². The molecule has 4 nitrogen and oxygen atoms in total. The van der Waals surface area contributed by atoms with Crippen LogP contribution in [0.25, 0.3) is 6.08 Å². The van der Waals surface area contributed by atoms with Crippen molar-refractivity contribution in [2.75, 3.05) is 12.0 Å². The van der Waals surface area contributed by atoms with Crippen molar-refractivity contribution in [3.8, 4) is 11.5 Å². The summed E-state index contributed by atoms with van der Waals surface area (Å²) in [4.78, 5) is 15.0. The van der Waals surface area contributed by atoms with E-state index in [-0.39, 0.29) is 12.0 Å². The van der Waals surface area contributed by atoms with Crippen molar-refractivity contribution < 1.29 is 14.3 Å². The summed E-state index contributed by atoms with van der Waals surface area (Å²) in [5, 5.41) is 0. The van der Waals surface area contributed by atoms with Gasteiger partial charge in [0.05, 0.1) is 23.8 Å². The van der Waals surface area contributed by atoms with Gasteiger partial charge < -0.3 is 9.47 Å². The largest absolute Gasteiger partial charge is 0.493 e. The van der Waals surface area contributed by atoms with Crippen molar-refractivity contribution in [2.45, 2.75) is 20.0 Å². The molecule has 1 aliphatic heterocycles. The lowest BCUT2D eigenvalue weighted by molar-refractivity contribution is -0.113. The average Bonchev–Trinajstić information content (AvgIpc) is 2.90. The van der Waals surface area contributed by atoms with Crippen LogP contribution in [0.1, 0.15) is 19.4 Å². The van der Waals surface area contributed by atoms with Crippen molar-refractivity contribution in [3.63, 3.8) is 0 Å². The number of hydrogen-bond donors (Lipinski definition) is 0. The summed E-state index contributed by atoms with van der Waals surface area (Å²) in [5.74, 6) is 1.12. The van der Waals surface area contributed by atoms with Crippen LogP contribution < -0.4 is 14.4 Å². The van der Waals surface area contributed by atoms with Crippen LogP contribution in [0.2, 0.25) is 0 Å². The number of nitrogens with zero attached hydrogens (tertiary/aromatic N) is 1. The molecular weight excluding hydrogens is 366 g/mol. The third kappa shape index (κ3) is 3.76. The fourth-order valence-corrected chi connectivity index (χ4v) is 3.87. The second-order valence-corrected chi connectivity index (χ2v) is 7.57. The first-order chi connectivity index (χ1) is 12.5. The molecule has 2 aromatic carbocycles. The van der Waals surface area contributed by atoms with E-state index in [0.29, 0.717) is 20.7 Å². The van der Waals surface area contributed by atoms with Crippen molar-refractivity contribution in [1.82, 2.24) is 0 Å². The minimum absolute atomic E-state index is 0.0164. The average molecular weight is 386 g/mol. The molecule has 2 aromatic rings. The number of carbonyl (C=O) groups is 1. The van der Waals surface area contributed by atoms with Crippen LogP contribution in [0.5, 0.6) is 11.5 Å². The summed E-state index contributed by atoms with van der Waals surface area (Å²) in [6, 6.07) is 15.0. The molecule has 1 fully saturated rings. The van der Waals surface area contributed by atoms with E-state index in [2.05, 4.69) is 0 Å². The molecule has 1 saturated heterocycles. The molecule has 0 bridgehead atoms. The number of thiocarbonyl (C=S) groups is 1. The van der Waals surface area contributed by atoms with Gasteiger partial charge in [-0.25, -0.2) is 0 Å². The lowest BCUT2D eigenvalue weighted by Gasteiger charge is -2.16. The van der Waals surface area contributed by atoms with Crippen molar-refractivity contribution in [1.29, 1.82) is 0 Å². The second kappa shape index (κ2) is 7.93. The number of carbonyl (C=O) groups excluding carboxylic acids is 1. The van der Waals surface area contributed by atoms with Crippen molar-refractivity contribution in [3.05, 3.63) is 59.0 Å². The van der Waals surface area contributed by atoms with Crippen LogP contribution in [0.15, 0.2) is 53.4 Å². The topological polar surface area (TPSA) is 38.8 Å². The van der Waals surface area contributed by atoms with E-state index < -0.39 is 0 Å². The van der Waals surface area contributed by atoms with Crippen LogP contribution >= 0.6 is 24.0 Å². The normalized spacial score (nSPS) is 15.8. The third-order valence-corrected chi connectivity index (χ3v) is 4.98. The number of thioether (sulfide) groups is 1. The van der Waals surface area contributed by atoms with E-state index in [9.17, 15) is 4.79 Å². The molecular formula is C20H19NO3S2. The maximum absolute atomic E-state index is 12.9. The molecule has 0 spiro atoms. The van der Waals surface area contributed by atoms with E-state index in [0.717, 1.165) is 11.3 Å². The maximum Gasteiger partial charge on any atom is 0.270 e. The molecule has 134 valence electrons. The van der Waals surface area contributed by atoms with Gasteiger partial charge in [0, 0.05) is 5.56 Å². The smallest absolute Gasteiger partial charge is 0.270 e. The first-order valence-corrected chi connectivity index (χ1v) is 9.40. The van der Waals surface area contributed by atoms with E-state index >= 15 is 0 Å². The Morgan fingerprint density at radius 1 is 1.12 bits per heavy atom. The molecule has 0 aromatic heterocycles. The Kier molecular flexibility index (Phi) is 5.64. The van der Waals surface area contributed by atoms with Crippen LogP contribution in [0.4, 0.5) is 5.69 Å². The highest BCUT2D eigenvalue weighted by molar-refractivity contribution is 8.27. The number of hydrogen-bond acceptors (Lipinski definition) is 5. The van der Waals surface area contributed by atoms with Gasteiger partial charge in [-0.2, -0.15) is 0 Å². The highest BCUT2D eigenvalue weighted by Gasteiger charge is 2.33. The monoisotopic (exact) mass is 385 g/mol. The molecule has 1 amide bonds. The van der Waals surface area contributed by atoms with Crippen molar-refractivity contribution in [2.24, 2.45) is 0 Å². The Morgan fingerprint density at radius 2 is 1.85 bits per heavy atom. The van der Waals surface area contributed by atoms with E-state index in [1.807, 2.05) is 68.5 Å². The van der Waals surface area contributed by atoms with Gasteiger partial charge in [0.1, 0.15) is 0 Å². The summed E-state index contributed by atoms with van der Waals surface area (Å²) in [6.45, 7) is 3.90. The summed E-state index contributed by atoms with van der Waals surface area (Å²) < 4.78 is 11.8. The molecule has 0 N–H and O–H groups in total. The fraction of sp³-hybridized carbons (Fsp3) is 0.200. The number of rotatable bonds is 5. The predicted octanol–water partition coefficient (Wildman–Crippen LogP) is 4.89. The van der Waals surface area contributed by atoms with Gasteiger partial charge in [-0.15, -0.1) is 0 Å². The van der Waals surface area contributed by atoms with E-state index in [4.69, 9.17) is 21.7 Å². The molecule has 0 radical (unpaired) electrons. The highest BCUT2D eigenvalue weighted by Crippen LogP contribution is 2.39. The van der Waals surface area contributed by atoms with E-state index in [1.165, 1.54) is 11.8 Å². The standard InChI is InChI=1S/C20H19NO3S2/c1-13(2)24-18-14(8-7-11-16(18)23-3)12-17-19(22)21(20(25)26-17)15-9-5-4-6-10-15/h4-13H,1-3H3/b17-12+. The summed E-state index contributed by atoms with van der Waals surface area (Å²) in [6.07, 6.45) is 1.79. The number of methoxy groups -OCH3 is 1. The van der Waals surface area contributed by atoms with Gasteiger partial charge >= 0.3 is 0 Å². The Hall–Kier alpha value is -2.31. The minimum Gasteiger partial charge on any atom is -0.493 e. The molecule has 0 atom stereocenters. The zero-order valence-electron chi connectivity index (χ0n) is 14.8. The van der Waals surface area contributed by atoms with Gasteiger partial charge in [0.25, 0.3) is 5.91 Å². The van der Waals surface area contributed by atoms with E-state index in [1.54, 1.807) is 12.0 Å². The highest BCUT2D eigenvalue weighted by atomic mass is 32.2. The Bertz CT molecular complexity index is 863. The molecule has 0 unspecified atom stereocenters. The third-order valence-electron chi connectivity index (χ3n) is 3.68. The van der Waals surface area contributed by atoms with Crippen LogP contribution in [-0.4, -0.2) is 23.4 Å². The molecule has 3 rings (SSSR count). The lowest BCUT2D eigenvalue weighted by Crippen LogP contribution is -2.27. The number of para-hydroxylation sites is 2. The molecule has 1 aliphatic rings. The molecule has 0 aliphatic carbocycles. The zero-order chi connectivity index (χ0) is 18.7. The minimum atomic E-state index is -0.135. The molecule has 26 heavy (non-hydrogen) atoms. The second-order valence-electron chi connectivity index (χ2n) is 5.90. The summed E-state index contributed by atoms with van der Waals surface area (Å²) >= 11 is 6.70. The van der Waals surface area contributed by atoms with Gasteiger partial charge in [0.15, 0.2) is 15.8 Å². The van der Waals surface area contributed by atoms with Crippen LogP contribution in [0.3, 0.4) is 0 Å². The van der Waals surface area contributed by atoms with Crippen LogP contribution in [0, 0.1) is 0 Å². The maximum atomic E-state index is 12.9. The summed E-state index contributed by atoms with van der Waals surface area (Å²) in [7, 11) is 1.60. The van der Waals surface area contributed by atoms with Crippen molar-refractivity contribution >= 4 is 46.0 Å². The quantitative estimate of drug-likeness (QED) is 0.541. The molecule has 6 heteroatoms. The van der Waals surface area contributed by atoms with Crippen LogP contribution in [-0.2, 0) is 4.79 Å². The molecule has 0 saturated carbocycles. The fourth-order valence-electron chi connectivity index (χ4n) is 2.58. The van der Waals surface area contributed by atoms with Gasteiger partial charge in [-0.1, -0.05) is 54.3 Å². The SMILES string of the molecule is COc1cccc(/C=C2/SC(=S)N(c3ccccc3)C2=O)c1OC(C)C. The Balaban J connectivity index is 1.99. The first-order valence-electron chi connectivity index (χ1n) is 8.18. The lowest BCUT2D eigenvalue weighted by atomic mass is 10.1.